The van der Waals surface area contributed by atoms with Crippen LogP contribution in [0.1, 0.15) is 32.6 Å². The highest BCUT2D eigenvalue weighted by atomic mass is 79.9. The van der Waals surface area contributed by atoms with Crippen molar-refractivity contribution in [3.05, 3.63) is 70.0 Å². The van der Waals surface area contributed by atoms with Gasteiger partial charge < -0.3 is 0 Å². The van der Waals surface area contributed by atoms with Crippen molar-refractivity contribution in [1.82, 2.24) is 0 Å². The Bertz CT molecular complexity index is 662. The minimum absolute atomic E-state index is 0.368. The Morgan fingerprint density at radius 3 is 2.05 bits per heavy atom. The molecule has 0 aliphatic rings. The van der Waals surface area contributed by atoms with Gasteiger partial charge in [0, 0.05) is 0 Å². The molecule has 0 aliphatic carbocycles. The maximum Gasteiger partial charge on any atom is 0.419 e. The van der Waals surface area contributed by atoms with E-state index >= 15 is 0 Å². The third kappa shape index (κ3) is 3.46. The first kappa shape index (κ1) is 16.0. The number of benzene rings is 2. The first-order valence-electron chi connectivity index (χ1n) is 6.28. The van der Waals surface area contributed by atoms with E-state index in [-0.39, 0.29) is 0 Å². The molecule has 1 atom stereocenters. The maximum atomic E-state index is 13.3. The van der Waals surface area contributed by atoms with Crippen LogP contribution in [-0.2, 0) is 6.18 Å². The van der Waals surface area contributed by atoms with Gasteiger partial charge in [-0.05, 0) is 48.2 Å². The van der Waals surface area contributed by atoms with Gasteiger partial charge in [-0.2, -0.15) is 13.2 Å². The SMILES string of the molecule is Cc1ccc(C(Br)c2ccc(F)c(C(F)(F)F)c2)cc1C. The van der Waals surface area contributed by atoms with Crippen molar-refractivity contribution in [3.63, 3.8) is 0 Å². The van der Waals surface area contributed by atoms with Crippen molar-refractivity contribution in [2.45, 2.75) is 24.9 Å². The van der Waals surface area contributed by atoms with Crippen LogP contribution in [0.25, 0.3) is 0 Å². The Labute approximate surface area is 128 Å². The highest BCUT2D eigenvalue weighted by Gasteiger charge is 2.34. The second-order valence-electron chi connectivity index (χ2n) is 4.94. The lowest BCUT2D eigenvalue weighted by molar-refractivity contribution is -0.140. The summed E-state index contributed by atoms with van der Waals surface area (Å²) in [5, 5.41) is 0. The smallest absolute Gasteiger partial charge is 0.206 e. The number of rotatable bonds is 2. The van der Waals surface area contributed by atoms with Crippen LogP contribution in [0.5, 0.6) is 0 Å². The molecular formula is C16H13BrF4. The lowest BCUT2D eigenvalue weighted by Crippen LogP contribution is -2.09. The Kier molecular flexibility index (Phi) is 4.42. The molecule has 112 valence electrons. The van der Waals surface area contributed by atoms with Gasteiger partial charge in [-0.1, -0.05) is 40.2 Å². The fraction of sp³-hybridized carbons (Fsp3) is 0.250. The van der Waals surface area contributed by atoms with Gasteiger partial charge in [0.25, 0.3) is 0 Å². The summed E-state index contributed by atoms with van der Waals surface area (Å²) >= 11 is 3.39. The average molecular weight is 361 g/mol. The molecule has 5 heteroatoms. The number of hydrogen-bond acceptors (Lipinski definition) is 0. The fourth-order valence-electron chi connectivity index (χ4n) is 2.03. The van der Waals surface area contributed by atoms with Crippen molar-refractivity contribution in [2.24, 2.45) is 0 Å². The highest BCUT2D eigenvalue weighted by Crippen LogP contribution is 2.37. The summed E-state index contributed by atoms with van der Waals surface area (Å²) in [7, 11) is 0. The molecule has 0 nitrogen and oxygen atoms in total. The zero-order valence-corrected chi connectivity index (χ0v) is 13.0. The van der Waals surface area contributed by atoms with E-state index in [9.17, 15) is 17.6 Å². The fourth-order valence-corrected chi connectivity index (χ4v) is 2.60. The normalized spacial score (nSPS) is 13.3. The van der Waals surface area contributed by atoms with E-state index in [0.717, 1.165) is 28.8 Å². The van der Waals surface area contributed by atoms with Crippen molar-refractivity contribution >= 4 is 15.9 Å². The van der Waals surface area contributed by atoms with E-state index in [1.54, 1.807) is 0 Å². The van der Waals surface area contributed by atoms with E-state index in [0.29, 0.717) is 5.56 Å². The Hall–Kier alpha value is -1.36. The minimum Gasteiger partial charge on any atom is -0.206 e. The van der Waals surface area contributed by atoms with Crippen molar-refractivity contribution in [1.29, 1.82) is 0 Å². The average Bonchev–Trinajstić information content (AvgIpc) is 2.40. The van der Waals surface area contributed by atoms with Crippen LogP contribution < -0.4 is 0 Å². The number of alkyl halides is 4. The van der Waals surface area contributed by atoms with Gasteiger partial charge in [0.15, 0.2) is 0 Å². The molecule has 2 aromatic rings. The van der Waals surface area contributed by atoms with Gasteiger partial charge in [0.1, 0.15) is 5.82 Å². The zero-order valence-electron chi connectivity index (χ0n) is 11.4. The molecule has 0 amide bonds. The van der Waals surface area contributed by atoms with E-state index in [2.05, 4.69) is 15.9 Å². The van der Waals surface area contributed by atoms with Gasteiger partial charge in [-0.15, -0.1) is 0 Å². The first-order chi connectivity index (χ1) is 9.70. The summed E-state index contributed by atoms with van der Waals surface area (Å²) < 4.78 is 51.6. The largest absolute Gasteiger partial charge is 0.419 e. The lowest BCUT2D eigenvalue weighted by Gasteiger charge is -2.15. The number of hydrogen-bond donors (Lipinski definition) is 0. The van der Waals surface area contributed by atoms with Gasteiger partial charge >= 0.3 is 6.18 Å². The van der Waals surface area contributed by atoms with Crippen molar-refractivity contribution in [2.75, 3.05) is 0 Å². The number of aryl methyl sites for hydroxylation is 2. The standard InChI is InChI=1S/C16H13BrF4/c1-9-3-4-11(7-10(9)2)15(17)12-5-6-14(18)13(8-12)16(19,20)21/h3-8,15H,1-2H3. The van der Waals surface area contributed by atoms with Gasteiger partial charge in [-0.3, -0.25) is 0 Å². The van der Waals surface area contributed by atoms with Crippen LogP contribution >= 0.6 is 15.9 Å². The summed E-state index contributed by atoms with van der Waals surface area (Å²) in [6.45, 7) is 3.90. The van der Waals surface area contributed by atoms with Crippen molar-refractivity contribution < 1.29 is 17.6 Å². The molecule has 0 saturated heterocycles. The Morgan fingerprint density at radius 1 is 0.905 bits per heavy atom. The molecule has 0 aromatic heterocycles. The molecule has 1 unspecified atom stereocenters. The quantitative estimate of drug-likeness (QED) is 0.458. The van der Waals surface area contributed by atoms with Crippen LogP contribution in [0.4, 0.5) is 17.6 Å². The molecule has 0 heterocycles. The lowest BCUT2D eigenvalue weighted by atomic mass is 9.99. The molecule has 0 spiro atoms. The molecule has 2 rings (SSSR count). The minimum atomic E-state index is -4.70. The summed E-state index contributed by atoms with van der Waals surface area (Å²) in [6.07, 6.45) is -4.70. The second kappa shape index (κ2) is 5.79. The van der Waals surface area contributed by atoms with Gasteiger partial charge in [0.2, 0.25) is 0 Å². The molecule has 2 aromatic carbocycles. The topological polar surface area (TPSA) is 0 Å². The summed E-state index contributed by atoms with van der Waals surface area (Å²) in [5.74, 6) is -1.26. The van der Waals surface area contributed by atoms with Crippen LogP contribution in [0, 0.1) is 19.7 Å². The van der Waals surface area contributed by atoms with Crippen LogP contribution in [0.15, 0.2) is 36.4 Å². The van der Waals surface area contributed by atoms with E-state index in [1.807, 2.05) is 32.0 Å². The molecule has 0 radical (unpaired) electrons. The van der Waals surface area contributed by atoms with Crippen LogP contribution in [-0.4, -0.2) is 0 Å². The third-order valence-corrected chi connectivity index (χ3v) is 4.47. The maximum absolute atomic E-state index is 13.3. The third-order valence-electron chi connectivity index (χ3n) is 3.41. The van der Waals surface area contributed by atoms with E-state index < -0.39 is 22.4 Å². The summed E-state index contributed by atoms with van der Waals surface area (Å²) in [5.41, 5.74) is 2.11. The van der Waals surface area contributed by atoms with Crippen LogP contribution in [0.2, 0.25) is 0 Å². The van der Waals surface area contributed by atoms with Gasteiger partial charge in [0.05, 0.1) is 10.4 Å². The summed E-state index contributed by atoms with van der Waals surface area (Å²) in [6, 6.07) is 8.73. The monoisotopic (exact) mass is 360 g/mol. The molecule has 0 N–H and O–H groups in total. The number of halogens is 5. The Morgan fingerprint density at radius 2 is 1.48 bits per heavy atom. The first-order valence-corrected chi connectivity index (χ1v) is 7.19. The van der Waals surface area contributed by atoms with Crippen LogP contribution in [0.3, 0.4) is 0 Å². The molecule has 0 aliphatic heterocycles. The summed E-state index contributed by atoms with van der Waals surface area (Å²) in [4.78, 5) is -0.418. The molecule has 21 heavy (non-hydrogen) atoms. The molecule has 0 fully saturated rings. The van der Waals surface area contributed by atoms with E-state index in [4.69, 9.17) is 0 Å². The Balaban J connectivity index is 2.44. The second-order valence-corrected chi connectivity index (χ2v) is 5.86. The predicted molar refractivity (Wildman–Crippen MR) is 78.1 cm³/mol. The van der Waals surface area contributed by atoms with Crippen molar-refractivity contribution in [3.8, 4) is 0 Å². The van der Waals surface area contributed by atoms with E-state index in [1.165, 1.54) is 6.07 Å². The molecule has 0 saturated carbocycles. The predicted octanol–water partition coefficient (Wildman–Crippen LogP) is 5.95. The zero-order chi connectivity index (χ0) is 15.8. The molecular weight excluding hydrogens is 348 g/mol. The molecule has 0 bridgehead atoms. The highest BCUT2D eigenvalue weighted by molar-refractivity contribution is 9.09. The van der Waals surface area contributed by atoms with Gasteiger partial charge in [-0.25, -0.2) is 4.39 Å².